The quantitative estimate of drug-likeness (QED) is 0.797. The average Bonchev–Trinajstić information content (AvgIpc) is 3.03. The minimum atomic E-state index is -0.323. The third-order valence-corrected chi connectivity index (χ3v) is 3.35. The van der Waals surface area contributed by atoms with Gasteiger partial charge in [0.15, 0.2) is 0 Å². The van der Waals surface area contributed by atoms with Crippen LogP contribution in [0.2, 0.25) is 0 Å². The van der Waals surface area contributed by atoms with Crippen molar-refractivity contribution in [2.45, 2.75) is 0 Å². The molecule has 3 aromatic rings. The standard InChI is InChI=1S/C15H10FN3O2S/c16-11-3-7-13(8-4-11)21-12-5-1-10(2-6-12)14(20)18-15-19-17-9-22-15/h1-9H,(H,18,19,20). The Labute approximate surface area is 129 Å². The van der Waals surface area contributed by atoms with E-state index >= 15 is 0 Å². The van der Waals surface area contributed by atoms with Gasteiger partial charge in [-0.2, -0.15) is 0 Å². The summed E-state index contributed by atoms with van der Waals surface area (Å²) in [4.78, 5) is 12.0. The molecule has 0 atom stereocenters. The van der Waals surface area contributed by atoms with Crippen molar-refractivity contribution in [3.8, 4) is 11.5 Å². The Morgan fingerprint density at radius 3 is 2.27 bits per heavy atom. The predicted octanol–water partition coefficient (Wildman–Crippen LogP) is 3.72. The second kappa shape index (κ2) is 6.31. The zero-order chi connectivity index (χ0) is 15.4. The Morgan fingerprint density at radius 2 is 1.68 bits per heavy atom. The van der Waals surface area contributed by atoms with E-state index in [2.05, 4.69) is 15.5 Å². The number of amides is 1. The molecule has 0 aliphatic rings. The number of rotatable bonds is 4. The van der Waals surface area contributed by atoms with Gasteiger partial charge in [0.25, 0.3) is 5.91 Å². The first-order valence-corrected chi connectivity index (χ1v) is 7.20. The Bertz CT molecular complexity index is 758. The molecule has 0 aliphatic carbocycles. The minimum Gasteiger partial charge on any atom is -0.457 e. The van der Waals surface area contributed by atoms with E-state index in [1.807, 2.05) is 0 Å². The van der Waals surface area contributed by atoms with Crippen molar-refractivity contribution in [3.05, 3.63) is 65.4 Å². The van der Waals surface area contributed by atoms with Crippen molar-refractivity contribution in [1.29, 1.82) is 0 Å². The molecule has 0 radical (unpaired) electrons. The highest BCUT2D eigenvalue weighted by atomic mass is 32.1. The maximum absolute atomic E-state index is 12.8. The van der Waals surface area contributed by atoms with Crippen molar-refractivity contribution >= 4 is 22.4 Å². The molecule has 7 heteroatoms. The molecule has 0 fully saturated rings. The second-order valence-electron chi connectivity index (χ2n) is 4.28. The number of halogens is 1. The number of ether oxygens (including phenoxy) is 1. The van der Waals surface area contributed by atoms with Gasteiger partial charge in [0, 0.05) is 5.56 Å². The van der Waals surface area contributed by atoms with Gasteiger partial charge in [-0.05, 0) is 48.5 Å². The number of hydrogen-bond acceptors (Lipinski definition) is 5. The lowest BCUT2D eigenvalue weighted by atomic mass is 10.2. The largest absolute Gasteiger partial charge is 0.457 e. The van der Waals surface area contributed by atoms with E-state index < -0.39 is 0 Å². The van der Waals surface area contributed by atoms with Crippen molar-refractivity contribution < 1.29 is 13.9 Å². The van der Waals surface area contributed by atoms with Crippen LogP contribution in [-0.4, -0.2) is 16.1 Å². The van der Waals surface area contributed by atoms with Crippen molar-refractivity contribution in [2.75, 3.05) is 5.32 Å². The van der Waals surface area contributed by atoms with Crippen LogP contribution in [-0.2, 0) is 0 Å². The molecule has 1 amide bonds. The van der Waals surface area contributed by atoms with Crippen LogP contribution in [0.3, 0.4) is 0 Å². The lowest BCUT2D eigenvalue weighted by Crippen LogP contribution is -2.11. The van der Waals surface area contributed by atoms with Gasteiger partial charge in [-0.25, -0.2) is 4.39 Å². The lowest BCUT2D eigenvalue weighted by molar-refractivity contribution is 0.102. The Morgan fingerprint density at radius 1 is 1.05 bits per heavy atom. The molecule has 0 unspecified atom stereocenters. The first-order valence-electron chi connectivity index (χ1n) is 6.32. The topological polar surface area (TPSA) is 64.1 Å². The van der Waals surface area contributed by atoms with Crippen LogP contribution >= 0.6 is 11.3 Å². The van der Waals surface area contributed by atoms with Crippen LogP contribution in [0.1, 0.15) is 10.4 Å². The van der Waals surface area contributed by atoms with Crippen LogP contribution < -0.4 is 10.1 Å². The molecule has 0 spiro atoms. The summed E-state index contributed by atoms with van der Waals surface area (Å²) in [6.07, 6.45) is 0. The average molecular weight is 315 g/mol. The van der Waals surface area contributed by atoms with E-state index in [0.717, 1.165) is 0 Å². The summed E-state index contributed by atoms with van der Waals surface area (Å²) in [6, 6.07) is 12.3. The molecule has 1 heterocycles. The number of carbonyl (C=O) groups is 1. The minimum absolute atomic E-state index is 0.273. The van der Waals surface area contributed by atoms with Crippen LogP contribution in [0.15, 0.2) is 54.0 Å². The van der Waals surface area contributed by atoms with E-state index in [1.54, 1.807) is 24.3 Å². The Hall–Kier alpha value is -2.80. The maximum Gasteiger partial charge on any atom is 0.257 e. The normalized spacial score (nSPS) is 10.2. The molecule has 0 bridgehead atoms. The summed E-state index contributed by atoms with van der Waals surface area (Å²) in [5, 5.41) is 10.5. The zero-order valence-corrected chi connectivity index (χ0v) is 12.0. The molecule has 0 aliphatic heterocycles. The van der Waals surface area contributed by atoms with Gasteiger partial charge < -0.3 is 4.74 Å². The number of hydrogen-bond donors (Lipinski definition) is 1. The molecule has 5 nitrogen and oxygen atoms in total. The van der Waals surface area contributed by atoms with Crippen LogP contribution in [0.4, 0.5) is 9.52 Å². The van der Waals surface area contributed by atoms with E-state index in [4.69, 9.17) is 4.74 Å². The third kappa shape index (κ3) is 3.44. The number of benzene rings is 2. The van der Waals surface area contributed by atoms with Crippen LogP contribution in [0.5, 0.6) is 11.5 Å². The molecule has 1 N–H and O–H groups in total. The van der Waals surface area contributed by atoms with Crippen LogP contribution in [0, 0.1) is 5.82 Å². The van der Waals surface area contributed by atoms with Gasteiger partial charge in [0.1, 0.15) is 22.8 Å². The van der Waals surface area contributed by atoms with Crippen molar-refractivity contribution in [2.24, 2.45) is 0 Å². The number of carbonyl (C=O) groups excluding carboxylic acids is 1. The highest BCUT2D eigenvalue weighted by Gasteiger charge is 2.08. The molecular weight excluding hydrogens is 305 g/mol. The summed E-state index contributed by atoms with van der Waals surface area (Å²) in [6.45, 7) is 0. The molecule has 110 valence electrons. The number of anilines is 1. The summed E-state index contributed by atoms with van der Waals surface area (Å²) < 4.78 is 18.4. The second-order valence-corrected chi connectivity index (χ2v) is 5.11. The van der Waals surface area contributed by atoms with E-state index in [9.17, 15) is 9.18 Å². The first-order chi connectivity index (χ1) is 10.7. The fraction of sp³-hybridized carbons (Fsp3) is 0. The van der Waals surface area contributed by atoms with Crippen LogP contribution in [0.25, 0.3) is 0 Å². The first kappa shape index (κ1) is 14.2. The molecular formula is C15H10FN3O2S. The fourth-order valence-electron chi connectivity index (χ4n) is 1.71. The molecule has 3 rings (SSSR count). The van der Waals surface area contributed by atoms with Crippen molar-refractivity contribution in [1.82, 2.24) is 10.2 Å². The molecule has 22 heavy (non-hydrogen) atoms. The van der Waals surface area contributed by atoms with Gasteiger partial charge >= 0.3 is 0 Å². The summed E-state index contributed by atoms with van der Waals surface area (Å²) in [7, 11) is 0. The Kier molecular flexibility index (Phi) is 4.06. The number of nitrogens with zero attached hydrogens (tertiary/aromatic N) is 2. The maximum atomic E-state index is 12.8. The van der Waals surface area contributed by atoms with Gasteiger partial charge in [0.05, 0.1) is 0 Å². The highest BCUT2D eigenvalue weighted by molar-refractivity contribution is 7.13. The molecule has 2 aromatic carbocycles. The summed E-state index contributed by atoms with van der Waals surface area (Å²) in [5.41, 5.74) is 2.01. The predicted molar refractivity (Wildman–Crippen MR) is 80.8 cm³/mol. The van der Waals surface area contributed by atoms with E-state index in [1.165, 1.54) is 41.1 Å². The van der Waals surface area contributed by atoms with Gasteiger partial charge in [-0.1, -0.05) is 11.3 Å². The smallest absolute Gasteiger partial charge is 0.257 e. The monoisotopic (exact) mass is 315 g/mol. The SMILES string of the molecule is O=C(Nc1nncs1)c1ccc(Oc2ccc(F)cc2)cc1. The molecule has 0 saturated heterocycles. The van der Waals surface area contributed by atoms with E-state index in [-0.39, 0.29) is 11.7 Å². The van der Waals surface area contributed by atoms with Gasteiger partial charge in [-0.15, -0.1) is 10.2 Å². The van der Waals surface area contributed by atoms with Gasteiger partial charge in [0.2, 0.25) is 5.13 Å². The summed E-state index contributed by atoms with van der Waals surface area (Å²) >= 11 is 1.24. The molecule has 0 saturated carbocycles. The van der Waals surface area contributed by atoms with Crippen molar-refractivity contribution in [3.63, 3.8) is 0 Å². The number of nitrogens with one attached hydrogen (secondary N) is 1. The lowest BCUT2D eigenvalue weighted by Gasteiger charge is -2.06. The van der Waals surface area contributed by atoms with E-state index in [0.29, 0.717) is 22.2 Å². The zero-order valence-electron chi connectivity index (χ0n) is 11.2. The third-order valence-electron chi connectivity index (χ3n) is 2.75. The fourth-order valence-corrected chi connectivity index (χ4v) is 2.15. The highest BCUT2D eigenvalue weighted by Crippen LogP contribution is 2.22. The number of aromatic nitrogens is 2. The summed E-state index contributed by atoms with van der Waals surface area (Å²) in [5.74, 6) is 0.479. The Balaban J connectivity index is 1.67. The van der Waals surface area contributed by atoms with Gasteiger partial charge in [-0.3, -0.25) is 10.1 Å². The molecule has 1 aromatic heterocycles.